The maximum absolute atomic E-state index is 12.6. The van der Waals surface area contributed by atoms with Crippen molar-refractivity contribution in [3.05, 3.63) is 0 Å². The van der Waals surface area contributed by atoms with E-state index in [1.54, 1.807) is 0 Å². The first-order chi connectivity index (χ1) is 9.10. The van der Waals surface area contributed by atoms with Crippen LogP contribution in [0.4, 0.5) is 0 Å². The second-order valence-corrected chi connectivity index (χ2v) is 6.27. The first kappa shape index (κ1) is 14.8. The Bertz CT molecular complexity index is 297. The molecule has 110 valence electrons. The number of likely N-dealkylation sites (tertiary alicyclic amines) is 1. The number of ether oxygens (including phenoxy) is 1. The van der Waals surface area contributed by atoms with E-state index in [0.717, 1.165) is 51.8 Å². The number of hydrogen-bond donors (Lipinski definition) is 1. The lowest BCUT2D eigenvalue weighted by molar-refractivity contribution is -0.141. The fourth-order valence-electron chi connectivity index (χ4n) is 3.63. The van der Waals surface area contributed by atoms with E-state index in [-0.39, 0.29) is 18.1 Å². The van der Waals surface area contributed by atoms with Gasteiger partial charge in [0.2, 0.25) is 5.91 Å². The average molecular weight is 268 g/mol. The predicted octanol–water partition coefficient (Wildman–Crippen LogP) is 1.78. The normalized spacial score (nSPS) is 36.3. The van der Waals surface area contributed by atoms with Crippen molar-refractivity contribution < 1.29 is 9.53 Å². The first-order valence-electron chi connectivity index (χ1n) is 7.76. The van der Waals surface area contributed by atoms with Gasteiger partial charge in [0.1, 0.15) is 0 Å². The first-order valence-corrected chi connectivity index (χ1v) is 7.76. The summed E-state index contributed by atoms with van der Waals surface area (Å²) >= 11 is 0. The second kappa shape index (κ2) is 6.71. The molecular formula is C15H28N2O2. The van der Waals surface area contributed by atoms with Crippen LogP contribution in [0.15, 0.2) is 0 Å². The highest BCUT2D eigenvalue weighted by atomic mass is 16.5. The minimum absolute atomic E-state index is 0.138. The summed E-state index contributed by atoms with van der Waals surface area (Å²) in [4.78, 5) is 14.6. The van der Waals surface area contributed by atoms with Crippen LogP contribution in [0.1, 0.15) is 46.0 Å². The van der Waals surface area contributed by atoms with Gasteiger partial charge in [-0.2, -0.15) is 0 Å². The van der Waals surface area contributed by atoms with Gasteiger partial charge in [-0.05, 0) is 44.9 Å². The standard InChI is InChI=1S/C15H28N2O2/c1-3-19-14-5-4-6-17(10-14)15(18)12-7-11(2)8-13(16)9-12/h11-14H,3-10,16H2,1-2H3. The summed E-state index contributed by atoms with van der Waals surface area (Å²) in [7, 11) is 0. The van der Waals surface area contributed by atoms with Crippen LogP contribution in [0, 0.1) is 11.8 Å². The molecule has 19 heavy (non-hydrogen) atoms. The van der Waals surface area contributed by atoms with Gasteiger partial charge in [-0.3, -0.25) is 4.79 Å². The summed E-state index contributed by atoms with van der Waals surface area (Å²) in [5.41, 5.74) is 6.06. The van der Waals surface area contributed by atoms with Crippen molar-refractivity contribution in [3.63, 3.8) is 0 Å². The third kappa shape index (κ3) is 3.93. The summed E-state index contributed by atoms with van der Waals surface area (Å²) in [6.07, 6.45) is 5.30. The Hall–Kier alpha value is -0.610. The van der Waals surface area contributed by atoms with Crippen LogP contribution in [0.25, 0.3) is 0 Å². The van der Waals surface area contributed by atoms with Gasteiger partial charge in [-0.1, -0.05) is 6.92 Å². The smallest absolute Gasteiger partial charge is 0.225 e. The van der Waals surface area contributed by atoms with Gasteiger partial charge in [0, 0.05) is 31.7 Å². The Morgan fingerprint density at radius 2 is 2.16 bits per heavy atom. The molecule has 2 aliphatic rings. The quantitative estimate of drug-likeness (QED) is 0.849. The van der Waals surface area contributed by atoms with Gasteiger partial charge in [0.05, 0.1) is 6.10 Å². The second-order valence-electron chi connectivity index (χ2n) is 6.27. The van der Waals surface area contributed by atoms with Crippen LogP contribution in [-0.4, -0.2) is 42.6 Å². The number of amides is 1. The molecule has 0 radical (unpaired) electrons. The van der Waals surface area contributed by atoms with Crippen molar-refractivity contribution >= 4 is 5.91 Å². The molecule has 1 saturated heterocycles. The van der Waals surface area contributed by atoms with Gasteiger partial charge >= 0.3 is 0 Å². The monoisotopic (exact) mass is 268 g/mol. The average Bonchev–Trinajstić information content (AvgIpc) is 2.37. The van der Waals surface area contributed by atoms with Crippen LogP contribution in [0.3, 0.4) is 0 Å². The number of piperidine rings is 1. The zero-order valence-electron chi connectivity index (χ0n) is 12.3. The highest BCUT2D eigenvalue weighted by Crippen LogP contribution is 2.30. The molecule has 4 atom stereocenters. The van der Waals surface area contributed by atoms with Crippen molar-refractivity contribution in [1.29, 1.82) is 0 Å². The Morgan fingerprint density at radius 3 is 2.84 bits per heavy atom. The Morgan fingerprint density at radius 1 is 1.37 bits per heavy atom. The maximum atomic E-state index is 12.6. The molecule has 4 nitrogen and oxygen atoms in total. The van der Waals surface area contributed by atoms with Gasteiger partial charge < -0.3 is 15.4 Å². The van der Waals surface area contributed by atoms with Crippen LogP contribution < -0.4 is 5.73 Å². The highest BCUT2D eigenvalue weighted by Gasteiger charge is 2.33. The number of carbonyl (C=O) groups excluding carboxylic acids is 1. The molecule has 1 saturated carbocycles. The number of nitrogens with zero attached hydrogens (tertiary/aromatic N) is 1. The minimum Gasteiger partial charge on any atom is -0.377 e. The fraction of sp³-hybridized carbons (Fsp3) is 0.933. The third-order valence-corrected chi connectivity index (χ3v) is 4.42. The van der Waals surface area contributed by atoms with Crippen LogP contribution in [0.5, 0.6) is 0 Å². The highest BCUT2D eigenvalue weighted by molar-refractivity contribution is 5.79. The molecule has 0 spiro atoms. The van der Waals surface area contributed by atoms with E-state index in [1.807, 2.05) is 11.8 Å². The predicted molar refractivity (Wildman–Crippen MR) is 75.7 cm³/mol. The summed E-state index contributed by atoms with van der Waals surface area (Å²) in [6, 6.07) is 0.199. The molecule has 1 aliphatic carbocycles. The van der Waals surface area contributed by atoms with E-state index in [2.05, 4.69) is 6.92 Å². The van der Waals surface area contributed by atoms with Crippen LogP contribution in [-0.2, 0) is 9.53 Å². The summed E-state index contributed by atoms with van der Waals surface area (Å²) in [6.45, 7) is 6.62. The lowest BCUT2D eigenvalue weighted by Crippen LogP contribution is -2.48. The third-order valence-electron chi connectivity index (χ3n) is 4.42. The molecule has 1 amide bonds. The Labute approximate surface area is 116 Å². The fourth-order valence-corrected chi connectivity index (χ4v) is 3.63. The molecule has 2 N–H and O–H groups in total. The SMILES string of the molecule is CCOC1CCCN(C(=O)C2CC(C)CC(N)C2)C1. The molecule has 4 heteroatoms. The van der Waals surface area contributed by atoms with Gasteiger partial charge in [0.25, 0.3) is 0 Å². The van der Waals surface area contributed by atoms with Crippen molar-refractivity contribution in [3.8, 4) is 0 Å². The van der Waals surface area contributed by atoms with E-state index >= 15 is 0 Å². The molecule has 1 aliphatic heterocycles. The molecule has 2 fully saturated rings. The van der Waals surface area contributed by atoms with E-state index < -0.39 is 0 Å². The molecule has 4 unspecified atom stereocenters. The van der Waals surface area contributed by atoms with E-state index in [4.69, 9.17) is 10.5 Å². The molecule has 2 rings (SSSR count). The maximum Gasteiger partial charge on any atom is 0.225 e. The van der Waals surface area contributed by atoms with Crippen LogP contribution >= 0.6 is 0 Å². The molecule has 0 aromatic rings. The number of carbonyl (C=O) groups is 1. The number of nitrogens with two attached hydrogens (primary N) is 1. The Kier molecular flexibility index (Phi) is 5.22. The van der Waals surface area contributed by atoms with E-state index in [9.17, 15) is 4.79 Å². The van der Waals surface area contributed by atoms with Crippen molar-refractivity contribution in [2.45, 2.75) is 58.1 Å². The molecular weight excluding hydrogens is 240 g/mol. The van der Waals surface area contributed by atoms with Crippen molar-refractivity contribution in [1.82, 2.24) is 4.90 Å². The lowest BCUT2D eigenvalue weighted by atomic mass is 9.79. The molecule has 1 heterocycles. The minimum atomic E-state index is 0.138. The zero-order valence-corrected chi connectivity index (χ0v) is 12.3. The molecule has 0 aromatic carbocycles. The summed E-state index contributed by atoms with van der Waals surface area (Å²) in [5, 5.41) is 0. The topological polar surface area (TPSA) is 55.6 Å². The summed E-state index contributed by atoms with van der Waals surface area (Å²) < 4.78 is 5.67. The lowest BCUT2D eigenvalue weighted by Gasteiger charge is -2.37. The van der Waals surface area contributed by atoms with Crippen molar-refractivity contribution in [2.24, 2.45) is 17.6 Å². The largest absolute Gasteiger partial charge is 0.377 e. The molecule has 0 bridgehead atoms. The zero-order chi connectivity index (χ0) is 13.8. The van der Waals surface area contributed by atoms with E-state index in [1.165, 1.54) is 0 Å². The molecule has 0 aromatic heterocycles. The van der Waals surface area contributed by atoms with Gasteiger partial charge in [-0.25, -0.2) is 0 Å². The summed E-state index contributed by atoms with van der Waals surface area (Å²) in [5.74, 6) is 1.02. The Balaban J connectivity index is 1.91. The number of rotatable bonds is 3. The van der Waals surface area contributed by atoms with Crippen molar-refractivity contribution in [2.75, 3.05) is 19.7 Å². The number of hydrogen-bond acceptors (Lipinski definition) is 3. The van der Waals surface area contributed by atoms with Gasteiger partial charge in [0.15, 0.2) is 0 Å². The van der Waals surface area contributed by atoms with E-state index in [0.29, 0.717) is 11.8 Å². The van der Waals surface area contributed by atoms with Gasteiger partial charge in [-0.15, -0.1) is 0 Å². The van der Waals surface area contributed by atoms with Crippen LogP contribution in [0.2, 0.25) is 0 Å².